The quantitative estimate of drug-likeness (QED) is 0.0319. The van der Waals surface area contributed by atoms with Crippen molar-refractivity contribution in [3.8, 4) is 0 Å². The molecule has 14 aliphatic rings. The summed E-state index contributed by atoms with van der Waals surface area (Å²) in [6.45, 7) is 50.6. The first kappa shape index (κ1) is 104. The van der Waals surface area contributed by atoms with Gasteiger partial charge in [0.2, 0.25) is 6.10 Å². The lowest BCUT2D eigenvalue weighted by Crippen LogP contribution is -2.44. The van der Waals surface area contributed by atoms with E-state index in [1.54, 1.807) is 6.92 Å². The first-order valence-corrected chi connectivity index (χ1v) is 47.1. The van der Waals surface area contributed by atoms with Crippen LogP contribution >= 0.6 is 0 Å². The summed E-state index contributed by atoms with van der Waals surface area (Å²) < 4.78 is 67.9. The predicted molar refractivity (Wildman–Crippen MR) is 457 cm³/mol. The lowest BCUT2D eigenvalue weighted by atomic mass is 9.69. The number of rotatable bonds is 23. The molecule has 4 N–H and O–H groups in total. The third-order valence-electron chi connectivity index (χ3n) is 32.7. The van der Waals surface area contributed by atoms with E-state index in [0.717, 1.165) is 38.5 Å². The second kappa shape index (κ2) is 42.1. The zero-order valence-corrected chi connectivity index (χ0v) is 80.3. The molecule has 12 saturated carbocycles. The maximum Gasteiger partial charge on any atom is 0.347 e. The molecule has 31 heteroatoms. The van der Waals surface area contributed by atoms with Crippen molar-refractivity contribution < 1.29 is 149 Å². The highest BCUT2D eigenvalue weighted by molar-refractivity contribution is 5.89. The van der Waals surface area contributed by atoms with Crippen LogP contribution in [-0.4, -0.2) is 186 Å². The van der Waals surface area contributed by atoms with Crippen LogP contribution in [0.3, 0.4) is 0 Å². The van der Waals surface area contributed by atoms with Gasteiger partial charge >= 0.3 is 83.6 Å². The smallest absolute Gasteiger partial charge is 0.347 e. The fraction of sp³-hybridized carbons (Fsp3) is 0.856. The van der Waals surface area contributed by atoms with Gasteiger partial charge in [0.25, 0.3) is 0 Å². The number of esters is 10. The second-order valence-corrected chi connectivity index (χ2v) is 43.5. The van der Waals surface area contributed by atoms with Crippen LogP contribution in [0.1, 0.15) is 224 Å². The zero-order valence-electron chi connectivity index (χ0n) is 80.3. The van der Waals surface area contributed by atoms with Crippen molar-refractivity contribution in [2.45, 2.75) is 260 Å². The summed E-state index contributed by atoms with van der Waals surface area (Å²) in [5.41, 5.74) is -1.75. The van der Waals surface area contributed by atoms with Crippen LogP contribution < -0.4 is 0 Å². The van der Waals surface area contributed by atoms with E-state index < -0.39 is 160 Å². The highest BCUT2D eigenvalue weighted by atomic mass is 16.7. The van der Waals surface area contributed by atoms with Crippen LogP contribution in [0.4, 0.5) is 0 Å². The minimum atomic E-state index is -0.874. The Morgan fingerprint density at radius 2 is 0.648 bits per heavy atom. The number of fused-ring (bicyclic) bond motifs is 12. The van der Waals surface area contributed by atoms with Crippen LogP contribution in [0.2, 0.25) is 0 Å². The molecule has 31 nitrogen and oxygen atoms in total. The number of methoxy groups -OCH3 is 1. The van der Waals surface area contributed by atoms with Crippen LogP contribution in [0.15, 0.2) is 0 Å². The number of carboxylic acid groups (broad SMARTS) is 4. The number of ether oxygens (including phenoxy) is 13. The van der Waals surface area contributed by atoms with Crippen LogP contribution in [-0.2, 0) is 129 Å². The fourth-order valence-corrected chi connectivity index (χ4v) is 25.8. The third kappa shape index (κ3) is 22.7. The van der Waals surface area contributed by atoms with Crippen molar-refractivity contribution in [3.05, 3.63) is 0 Å². The van der Waals surface area contributed by atoms with Crippen molar-refractivity contribution in [1.29, 1.82) is 0 Å². The molecule has 0 aromatic carbocycles. The lowest BCUT2D eigenvalue weighted by Gasteiger charge is -2.37. The summed E-state index contributed by atoms with van der Waals surface area (Å²) >= 11 is 0. The van der Waals surface area contributed by atoms with E-state index >= 15 is 0 Å². The van der Waals surface area contributed by atoms with Crippen molar-refractivity contribution in [2.24, 2.45) is 219 Å². The Kier molecular flexibility index (Phi) is 34.3. The number of aliphatic carboxylic acids is 4. The van der Waals surface area contributed by atoms with Crippen LogP contribution in [0.5, 0.6) is 0 Å². The average molecular weight is 1810 g/mol. The normalized spacial score (nSPS) is 40.2. The number of hydrogen-bond acceptors (Lipinski definition) is 27. The monoisotopic (exact) mass is 1810 g/mol. The van der Waals surface area contributed by atoms with Gasteiger partial charge in [0.05, 0.1) is 90.6 Å². The summed E-state index contributed by atoms with van der Waals surface area (Å²) in [4.78, 5) is 169. The topological polar surface area (TPSA) is 440 Å². The molecular weight excluding hydrogens is 1660 g/mol. The summed E-state index contributed by atoms with van der Waals surface area (Å²) in [6, 6.07) is 0. The van der Waals surface area contributed by atoms with E-state index in [9.17, 15) is 87.5 Å². The molecule has 12 bridgehead atoms. The molecule has 2 aliphatic heterocycles. The minimum absolute atomic E-state index is 0.0838. The zero-order chi connectivity index (χ0) is 95.8. The average Bonchev–Trinajstić information content (AvgIpc) is 1.61. The second-order valence-electron chi connectivity index (χ2n) is 43.5. The van der Waals surface area contributed by atoms with E-state index in [1.807, 2.05) is 83.1 Å². The Balaban J connectivity index is 0.000000174. The van der Waals surface area contributed by atoms with Crippen LogP contribution in [0, 0.1) is 219 Å². The number of cyclic esters (lactones) is 2. The van der Waals surface area contributed by atoms with Crippen molar-refractivity contribution in [2.75, 3.05) is 47.1 Å². The van der Waals surface area contributed by atoms with Gasteiger partial charge in [-0.05, 0) is 263 Å². The van der Waals surface area contributed by atoms with Gasteiger partial charge in [-0.25, -0.2) is 4.79 Å². The lowest BCUT2D eigenvalue weighted by molar-refractivity contribution is -0.188. The molecule has 0 aromatic heterocycles. The molecule has 14 fully saturated rings. The molecule has 724 valence electrons. The van der Waals surface area contributed by atoms with E-state index in [2.05, 4.69) is 83.1 Å². The Morgan fingerprint density at radius 3 is 0.906 bits per heavy atom. The van der Waals surface area contributed by atoms with Crippen molar-refractivity contribution in [1.82, 2.24) is 0 Å². The highest BCUT2D eigenvalue weighted by Gasteiger charge is 2.67. The van der Waals surface area contributed by atoms with E-state index in [0.29, 0.717) is 96.6 Å². The molecule has 2 saturated heterocycles. The molecule has 14 rings (SSSR count). The van der Waals surface area contributed by atoms with Crippen molar-refractivity contribution in [3.63, 3.8) is 0 Å². The maximum atomic E-state index is 12.8. The molecular formula is C97H150O31. The number of carbonyl (C=O) groups excluding carboxylic acids is 10. The standard InChI is InChI=1S/2C19H28O6.C17H28O5.C15H24O4.C14H22O5.C13H20O5/c1-9-10(2)13-7-12(9)15(16(13)18(22)25-19(3,4)5)17(21)24-11-6-14(20)23-8-11;1-9-10(2)12-8-11(9)14(15(12)18(22)25-19(3,4)5)17(21)24-13-6-7-23-16(13)20;1-8(2)7-21-11(5)22-17(20)15-13-6-12(9(3)10(13)4)14(15)16(18)19;1-7-8(2)10-6-9(7)11(13(16)17)12(10)14(18)19-15(3,4)5;1-4-18-6-19-14(17)12-10-5-9(7(2)8(10)3)11(12)13(15)16;1-6-7(2)9-4-8(6)10(12(14)15)11(9)13(16)18-5-17-3/h9-13,15-16H,6-8H2,1-5H3;9-15H,6-8H2,1-5H3;8-15H,6-7H2,1-5H3,(H,18,19);7-12H,6H2,1-5H3,(H,16,17);7-12H,4-6H2,1-3H3,(H,15,16);6-11H,4-5H2,1-3H3,(H,14,15). The van der Waals surface area contributed by atoms with Gasteiger partial charge < -0.3 is 82.0 Å². The number of carbonyl (C=O) groups is 14. The van der Waals surface area contributed by atoms with Gasteiger partial charge in [-0.1, -0.05) is 96.9 Å². The number of carboxylic acids is 4. The van der Waals surface area contributed by atoms with E-state index in [4.69, 9.17) is 61.6 Å². The Labute approximate surface area is 755 Å². The van der Waals surface area contributed by atoms with Gasteiger partial charge in [0.1, 0.15) is 29.5 Å². The fourth-order valence-electron chi connectivity index (χ4n) is 25.8. The van der Waals surface area contributed by atoms with E-state index in [1.165, 1.54) is 7.11 Å². The van der Waals surface area contributed by atoms with Gasteiger partial charge in [-0.3, -0.25) is 62.3 Å². The highest BCUT2D eigenvalue weighted by Crippen LogP contribution is 2.65. The van der Waals surface area contributed by atoms with Gasteiger partial charge in [-0.2, -0.15) is 0 Å². The van der Waals surface area contributed by atoms with Gasteiger partial charge in [-0.15, -0.1) is 0 Å². The summed E-state index contributed by atoms with van der Waals surface area (Å²) in [6.07, 6.45) is 3.49. The molecule has 0 amide bonds. The molecule has 2 heterocycles. The minimum Gasteiger partial charge on any atom is -0.481 e. The third-order valence-corrected chi connectivity index (χ3v) is 32.7. The van der Waals surface area contributed by atoms with E-state index in [-0.39, 0.29) is 134 Å². The Morgan fingerprint density at radius 1 is 0.375 bits per heavy atom. The molecule has 0 spiro atoms. The van der Waals surface area contributed by atoms with Gasteiger partial charge in [0.15, 0.2) is 19.9 Å². The first-order chi connectivity index (χ1) is 59.5. The Hall–Kier alpha value is -7.54. The Bertz CT molecular complexity index is 3980. The summed E-state index contributed by atoms with van der Waals surface area (Å²) in [5.74, 6) is -7.41. The SMILES string of the molecule is CC(C)COC(C)OC(=O)C1C2CC(C(C)C2C)C1C(=O)O.CC1C(C)C2CC1C(C(=O)O)C2C(=O)OC(C)(C)C.CC1C(C)C2CC1C(C(=O)OC1CCOC1=O)C2C(=O)OC(C)(C)C.CC1C(C)C2CC1C(C(=O)OC1COC(=O)C1)C2C(=O)OC(C)(C)C.CCOCOC(=O)C1C2CC(C(C)C2C)C1C(=O)O.COCOC(=O)C1C2CC(C(C)C2C)C1C(=O)O. The summed E-state index contributed by atoms with van der Waals surface area (Å²) in [5, 5.41) is 37.7. The predicted octanol–water partition coefficient (Wildman–Crippen LogP) is 13.2. The molecule has 39 atom stereocenters. The molecule has 128 heavy (non-hydrogen) atoms. The molecule has 39 unspecified atom stereocenters. The van der Waals surface area contributed by atoms with Crippen LogP contribution in [0.25, 0.3) is 0 Å². The molecule has 12 aliphatic carbocycles. The largest absolute Gasteiger partial charge is 0.481 e. The number of hydrogen-bond donors (Lipinski definition) is 4. The van der Waals surface area contributed by atoms with Crippen molar-refractivity contribution >= 4 is 83.6 Å². The summed E-state index contributed by atoms with van der Waals surface area (Å²) in [7, 11) is 1.44. The molecule has 0 aromatic rings. The first-order valence-electron chi connectivity index (χ1n) is 47.1. The van der Waals surface area contributed by atoms with Gasteiger partial charge in [0, 0.05) is 20.1 Å². The maximum absolute atomic E-state index is 12.8. The molecule has 0 radical (unpaired) electrons.